The van der Waals surface area contributed by atoms with Crippen molar-refractivity contribution in [2.75, 3.05) is 26.4 Å². The molecule has 0 spiro atoms. The van der Waals surface area contributed by atoms with Crippen LogP contribution in [-0.2, 0) is 51.7 Å². The molecule has 12 aliphatic rings. The number of hydrogen-bond donors (Lipinski definition) is 0. The Kier molecular flexibility index (Phi) is 119. The fraction of sp³-hybridized carbons (Fsp3) is 0.835. The summed E-state index contributed by atoms with van der Waals surface area (Å²) < 4.78 is 21.6. The molecule has 4 saturated carbocycles. The summed E-state index contributed by atoms with van der Waals surface area (Å²) in [4.78, 5) is 0. The van der Waals surface area contributed by atoms with Crippen molar-refractivity contribution < 1.29 is 54.5 Å². The second-order valence-electron chi connectivity index (χ2n) is 40.8. The zero-order valence-electron chi connectivity index (χ0n) is 81.0. The molecule has 12 unspecified atom stereocenters. The third kappa shape index (κ3) is 94.1. The second kappa shape index (κ2) is 96.5. The monoisotopic (exact) mass is 1860 g/mol. The van der Waals surface area contributed by atoms with E-state index in [9.17, 15) is 0 Å². The molecule has 0 aromatic heterocycles. The molecule has 2 aromatic carbocycles. The van der Waals surface area contributed by atoms with Gasteiger partial charge in [0.15, 0.2) is 0 Å². The molecule has 12 atom stereocenters. The zero-order valence-corrected chi connectivity index (χ0v) is 83.8. The summed E-state index contributed by atoms with van der Waals surface area (Å²) in [6, 6.07) is 17.0. The number of hydrogen-bond acceptors (Lipinski definition) is 4. The molecule has 14 rings (SSSR count). The maximum atomic E-state index is 5.39. The van der Waals surface area contributed by atoms with Gasteiger partial charge in [0.2, 0.25) is 0 Å². The molecule has 2 aromatic rings. The van der Waals surface area contributed by atoms with Crippen LogP contribution in [0.3, 0.4) is 0 Å². The molecule has 5 heteroatoms. The smallest absolute Gasteiger partial charge is 0.0547 e. The average molecular weight is 1860 g/mol. The maximum absolute atomic E-state index is 5.39. The van der Waals surface area contributed by atoms with Crippen LogP contribution in [0.25, 0.3) is 0 Å². The Hall–Kier alpha value is -1.66. The number of aryl methyl sites for hydroxylation is 4. The predicted octanol–water partition coefficient (Wildman–Crippen LogP) is 43.0. The van der Waals surface area contributed by atoms with Crippen molar-refractivity contribution in [1.29, 1.82) is 0 Å². The first-order valence-electron chi connectivity index (χ1n) is 48.2. The maximum Gasteiger partial charge on any atom is 0.0547 e. The van der Waals surface area contributed by atoms with Crippen LogP contribution in [0.4, 0.5) is 0 Å². The van der Waals surface area contributed by atoms with Crippen LogP contribution in [0, 0.1) is 122 Å². The van der Waals surface area contributed by atoms with Gasteiger partial charge in [-0.05, 0) is 306 Å². The SMILES string of the molecule is C.C.C.C.C.C.C.C.C.C.C.C.C.CC1=CCC(C)CC1.CC1=CCC(C)CC1.CC1=CCC(C)CC1.CC1=CCC(C)CC1.CC1CCC(C)CC1.CC1CCC(C)CC1.CC1CCC(C)CC1.CC1CCC(C)CC1.CC1CCC(C)OC1.CC1CCC(C)OC1.CC1CCC(C)OC1.CC1CCC(C)OC1.Cc1ccc(C)cc1.Cc1ccc(C)cc1.[HH].[HH].[Y]. The van der Waals surface area contributed by atoms with Gasteiger partial charge in [-0.2, -0.15) is 0 Å². The van der Waals surface area contributed by atoms with Crippen LogP contribution in [0.5, 0.6) is 0 Å². The van der Waals surface area contributed by atoms with Crippen LogP contribution >= 0.6 is 0 Å². The summed E-state index contributed by atoms with van der Waals surface area (Å²) in [7, 11) is 0. The van der Waals surface area contributed by atoms with E-state index in [0.717, 1.165) is 121 Å². The summed E-state index contributed by atoms with van der Waals surface area (Å²) in [6.45, 7) is 67.0. The van der Waals surface area contributed by atoms with E-state index in [2.05, 4.69) is 267 Å². The van der Waals surface area contributed by atoms with Crippen molar-refractivity contribution in [1.82, 2.24) is 0 Å². The molecule has 4 aliphatic heterocycles. The predicted molar refractivity (Wildman–Crippen MR) is 593 cm³/mol. The van der Waals surface area contributed by atoms with E-state index in [1.807, 2.05) is 0 Å². The van der Waals surface area contributed by atoms with Crippen molar-refractivity contribution >= 4 is 0 Å². The van der Waals surface area contributed by atoms with Gasteiger partial charge in [0.1, 0.15) is 0 Å². The molecule has 0 bridgehead atoms. The van der Waals surface area contributed by atoms with Crippen molar-refractivity contribution in [3.8, 4) is 0 Å². The van der Waals surface area contributed by atoms with Gasteiger partial charge < -0.3 is 18.9 Å². The minimum absolute atomic E-state index is 0. The van der Waals surface area contributed by atoms with Crippen molar-refractivity contribution in [3.05, 3.63) is 117 Å². The van der Waals surface area contributed by atoms with E-state index < -0.39 is 0 Å². The summed E-state index contributed by atoms with van der Waals surface area (Å²) in [5.74, 6) is 15.1. The average Bonchev–Trinajstić information content (AvgIpc) is 1.10. The van der Waals surface area contributed by atoms with Crippen LogP contribution in [0.2, 0.25) is 0 Å². The molecular weight excluding hydrogens is 1610 g/mol. The van der Waals surface area contributed by atoms with E-state index in [1.165, 1.54) is 253 Å². The molecular formula is C121H252O4Y. The topological polar surface area (TPSA) is 36.9 Å². The largest absolute Gasteiger partial charge is 0.378 e. The molecule has 4 saturated heterocycles. The number of ether oxygens (including phenoxy) is 4. The summed E-state index contributed by atoms with van der Waals surface area (Å²) in [5.41, 5.74) is 11.7. The Morgan fingerprint density at radius 1 is 0.175 bits per heavy atom. The van der Waals surface area contributed by atoms with Gasteiger partial charge in [-0.1, -0.05) is 427 Å². The standard InChI is InChI=1S/4C8H16.4C8H14.2C8H10.4C7H14O.13CH4.Y.2H2/c10*1-7-3-5-8(2)6-4-7;4*1-6-3-4-7(2)8-5-6;;;;;;;;;;;;;;;;/h4*7-8H,3-6H2,1-2H3;4*3,8H,4-6H2,1-2H3;2*3-6H,1-2H3;4*6-7H,3-5H2,1-2H3;13*1H4;;2*1H. The number of benzene rings is 2. The fourth-order valence-corrected chi connectivity index (χ4v) is 15.4. The molecule has 8 aliphatic carbocycles. The van der Waals surface area contributed by atoms with Gasteiger partial charge in [-0.15, -0.1) is 0 Å². The Balaban J connectivity index is -0.0000000747. The van der Waals surface area contributed by atoms with Crippen molar-refractivity contribution in [2.45, 2.75) is 546 Å². The molecule has 126 heavy (non-hydrogen) atoms. The Morgan fingerprint density at radius 3 is 0.373 bits per heavy atom. The van der Waals surface area contributed by atoms with Gasteiger partial charge in [-0.3, -0.25) is 0 Å². The zero-order chi connectivity index (χ0) is 83.8. The summed E-state index contributed by atoms with van der Waals surface area (Å²) in [5, 5.41) is 0. The van der Waals surface area contributed by atoms with Crippen LogP contribution in [-0.4, -0.2) is 50.8 Å². The van der Waals surface area contributed by atoms with Crippen LogP contribution in [0.15, 0.2) is 95.1 Å². The van der Waals surface area contributed by atoms with E-state index >= 15 is 0 Å². The molecule has 8 fully saturated rings. The minimum Gasteiger partial charge on any atom is -0.378 e. The summed E-state index contributed by atoms with van der Waals surface area (Å²) >= 11 is 0. The second-order valence-corrected chi connectivity index (χ2v) is 40.8. The van der Waals surface area contributed by atoms with E-state index in [4.69, 9.17) is 18.9 Å². The summed E-state index contributed by atoms with van der Waals surface area (Å²) in [6.07, 6.45) is 61.7. The quantitative estimate of drug-likeness (QED) is 0.246. The van der Waals surface area contributed by atoms with Gasteiger partial charge >= 0.3 is 0 Å². The molecule has 1 radical (unpaired) electrons. The van der Waals surface area contributed by atoms with Crippen molar-refractivity contribution in [2.24, 2.45) is 94.7 Å². The van der Waals surface area contributed by atoms with Gasteiger partial charge in [-0.25, -0.2) is 0 Å². The van der Waals surface area contributed by atoms with Gasteiger partial charge in [0.25, 0.3) is 0 Å². The molecule has 4 heterocycles. The van der Waals surface area contributed by atoms with E-state index in [-0.39, 0.29) is 132 Å². The first kappa shape index (κ1) is 155. The van der Waals surface area contributed by atoms with Crippen molar-refractivity contribution in [3.63, 3.8) is 0 Å². The Labute approximate surface area is 832 Å². The normalized spacial score (nSPS) is 28.9. The van der Waals surface area contributed by atoms with E-state index in [0.29, 0.717) is 24.4 Å². The number of allylic oxidation sites excluding steroid dienone is 8. The van der Waals surface area contributed by atoms with E-state index in [1.54, 1.807) is 22.3 Å². The fourth-order valence-electron chi connectivity index (χ4n) is 15.4. The van der Waals surface area contributed by atoms with Crippen LogP contribution in [0.1, 0.15) is 519 Å². The molecule has 763 valence electrons. The minimum atomic E-state index is 0. The Bertz CT molecular complexity index is 2060. The number of rotatable bonds is 0. The first-order chi connectivity index (χ1) is 53.0. The third-order valence-electron chi connectivity index (χ3n) is 26.2. The van der Waals surface area contributed by atoms with Gasteiger partial charge in [0.05, 0.1) is 24.4 Å². The molecule has 0 amide bonds. The Morgan fingerprint density at radius 2 is 0.294 bits per heavy atom. The third-order valence-corrected chi connectivity index (χ3v) is 26.2. The van der Waals surface area contributed by atoms with Crippen LogP contribution < -0.4 is 0 Å². The van der Waals surface area contributed by atoms with Gasteiger partial charge in [0, 0.05) is 62.0 Å². The molecule has 0 N–H and O–H groups in total. The molecule has 4 nitrogen and oxygen atoms in total. The first-order valence-corrected chi connectivity index (χ1v) is 48.2.